The lowest BCUT2D eigenvalue weighted by atomic mass is 10.2. The maximum atomic E-state index is 5.86. The first kappa shape index (κ1) is 17.7. The Morgan fingerprint density at radius 1 is 0.741 bits per heavy atom. The molecule has 0 spiro atoms. The largest absolute Gasteiger partial charge is 0.441 e. The fraction of sp³-hybridized carbons (Fsp3) is 0.364. The van der Waals surface area contributed by atoms with Gasteiger partial charge in [0.25, 0.3) is 0 Å². The van der Waals surface area contributed by atoms with Crippen molar-refractivity contribution in [1.82, 2.24) is 14.9 Å². The quantitative estimate of drug-likeness (QED) is 0.425. The first-order chi connectivity index (χ1) is 13.3. The molecule has 2 aromatic carbocycles. The summed E-state index contributed by atoms with van der Waals surface area (Å²) in [6.07, 6.45) is 3.99. The summed E-state index contributed by atoms with van der Waals surface area (Å²) < 4.78 is 11.7. The van der Waals surface area contributed by atoms with Crippen LogP contribution in [0, 0.1) is 0 Å². The van der Waals surface area contributed by atoms with Gasteiger partial charge in [0.15, 0.2) is 22.9 Å². The predicted octanol–water partition coefficient (Wildman–Crippen LogP) is 4.86. The molecule has 0 radical (unpaired) electrons. The zero-order valence-electron chi connectivity index (χ0n) is 15.7. The van der Waals surface area contributed by atoms with Crippen LogP contribution in [0.15, 0.2) is 57.4 Å². The summed E-state index contributed by atoms with van der Waals surface area (Å²) in [7, 11) is 0. The van der Waals surface area contributed by atoms with E-state index in [-0.39, 0.29) is 0 Å². The van der Waals surface area contributed by atoms with Gasteiger partial charge in [-0.2, -0.15) is 0 Å². The van der Waals surface area contributed by atoms with Gasteiger partial charge in [-0.3, -0.25) is 0 Å². The lowest BCUT2D eigenvalue weighted by Crippen LogP contribution is -2.29. The van der Waals surface area contributed by atoms with Crippen molar-refractivity contribution >= 4 is 22.2 Å². The summed E-state index contributed by atoms with van der Waals surface area (Å²) in [4.78, 5) is 11.6. The molecule has 0 amide bonds. The Morgan fingerprint density at radius 2 is 1.26 bits per heavy atom. The molecule has 2 heterocycles. The third-order valence-electron chi connectivity index (χ3n) is 4.79. The number of benzene rings is 2. The van der Waals surface area contributed by atoms with E-state index in [0.717, 1.165) is 66.5 Å². The minimum Gasteiger partial charge on any atom is -0.441 e. The summed E-state index contributed by atoms with van der Waals surface area (Å²) in [6.45, 7) is 5.14. The van der Waals surface area contributed by atoms with Gasteiger partial charge in [0, 0.05) is 25.9 Å². The number of oxazole rings is 2. The van der Waals surface area contributed by atoms with E-state index in [0.29, 0.717) is 0 Å². The molecular formula is C22H25N3O2. The number of aromatic nitrogens is 2. The molecule has 5 nitrogen and oxygen atoms in total. The number of nitrogens with zero attached hydrogens (tertiary/aromatic N) is 3. The van der Waals surface area contributed by atoms with Crippen molar-refractivity contribution in [3.8, 4) is 0 Å². The molecule has 27 heavy (non-hydrogen) atoms. The third-order valence-corrected chi connectivity index (χ3v) is 4.79. The monoisotopic (exact) mass is 363 g/mol. The van der Waals surface area contributed by atoms with E-state index in [1.165, 1.54) is 12.8 Å². The van der Waals surface area contributed by atoms with E-state index in [2.05, 4.69) is 21.8 Å². The Morgan fingerprint density at radius 3 is 1.74 bits per heavy atom. The van der Waals surface area contributed by atoms with Crippen LogP contribution in [0.5, 0.6) is 0 Å². The minimum absolute atomic E-state index is 0.805. The summed E-state index contributed by atoms with van der Waals surface area (Å²) in [5.74, 6) is 1.61. The summed E-state index contributed by atoms with van der Waals surface area (Å²) >= 11 is 0. The number of hydrogen-bond acceptors (Lipinski definition) is 5. The first-order valence-electron chi connectivity index (χ1n) is 9.73. The smallest absolute Gasteiger partial charge is 0.196 e. The highest BCUT2D eigenvalue weighted by atomic mass is 16.4. The van der Waals surface area contributed by atoms with Crippen molar-refractivity contribution < 1.29 is 8.83 Å². The van der Waals surface area contributed by atoms with Crippen molar-refractivity contribution in [2.24, 2.45) is 0 Å². The van der Waals surface area contributed by atoms with Crippen molar-refractivity contribution in [3.05, 3.63) is 60.3 Å². The van der Waals surface area contributed by atoms with Gasteiger partial charge in [-0.15, -0.1) is 0 Å². The van der Waals surface area contributed by atoms with E-state index in [1.54, 1.807) is 0 Å². The third kappa shape index (κ3) is 4.37. The van der Waals surface area contributed by atoms with Gasteiger partial charge in [0.2, 0.25) is 0 Å². The lowest BCUT2D eigenvalue weighted by molar-refractivity contribution is 0.262. The van der Waals surface area contributed by atoms with Gasteiger partial charge in [0.1, 0.15) is 11.0 Å². The van der Waals surface area contributed by atoms with Crippen LogP contribution >= 0.6 is 0 Å². The average Bonchev–Trinajstić information content (AvgIpc) is 3.30. The van der Waals surface area contributed by atoms with E-state index >= 15 is 0 Å². The van der Waals surface area contributed by atoms with Crippen LogP contribution < -0.4 is 0 Å². The molecule has 4 rings (SSSR count). The number of hydrogen-bond donors (Lipinski definition) is 0. The minimum atomic E-state index is 0.805. The van der Waals surface area contributed by atoms with Crippen LogP contribution in [0.2, 0.25) is 0 Å². The molecule has 0 bridgehead atoms. The van der Waals surface area contributed by atoms with Crippen molar-refractivity contribution in [2.45, 2.75) is 32.6 Å². The molecular weight excluding hydrogens is 338 g/mol. The van der Waals surface area contributed by atoms with Crippen LogP contribution in [-0.2, 0) is 12.8 Å². The second-order valence-corrected chi connectivity index (χ2v) is 6.85. The van der Waals surface area contributed by atoms with Gasteiger partial charge in [-0.25, -0.2) is 9.97 Å². The standard InChI is InChI=1S/C22H25N3O2/c1-2-3-14-25(15-12-21-23-17-8-4-6-10-19(17)26-21)16-13-22-24-18-9-5-7-11-20(18)27-22/h4-11H,2-3,12-16H2,1H3. The molecule has 2 aromatic heterocycles. The van der Waals surface area contributed by atoms with Gasteiger partial charge in [0.05, 0.1) is 0 Å². The zero-order chi connectivity index (χ0) is 18.5. The van der Waals surface area contributed by atoms with Gasteiger partial charge in [-0.05, 0) is 37.2 Å². The fourth-order valence-corrected chi connectivity index (χ4v) is 3.28. The van der Waals surface area contributed by atoms with Gasteiger partial charge >= 0.3 is 0 Å². The Balaban J connectivity index is 1.37. The predicted molar refractivity (Wildman–Crippen MR) is 107 cm³/mol. The zero-order valence-corrected chi connectivity index (χ0v) is 15.7. The van der Waals surface area contributed by atoms with Gasteiger partial charge in [-0.1, -0.05) is 37.6 Å². The molecule has 0 fully saturated rings. The highest BCUT2D eigenvalue weighted by Crippen LogP contribution is 2.17. The van der Waals surface area contributed by atoms with Crippen LogP contribution in [-0.4, -0.2) is 34.5 Å². The van der Waals surface area contributed by atoms with Gasteiger partial charge < -0.3 is 13.7 Å². The molecule has 0 N–H and O–H groups in total. The summed E-state index contributed by atoms with van der Waals surface area (Å²) in [5, 5.41) is 0. The molecule has 0 saturated carbocycles. The molecule has 4 aromatic rings. The van der Waals surface area contributed by atoms with Crippen LogP contribution in [0.3, 0.4) is 0 Å². The number of rotatable bonds is 9. The molecule has 5 heteroatoms. The average molecular weight is 363 g/mol. The Kier molecular flexibility index (Phi) is 5.49. The molecule has 140 valence electrons. The number of unbranched alkanes of at least 4 members (excludes halogenated alkanes) is 1. The first-order valence-corrected chi connectivity index (χ1v) is 9.73. The molecule has 0 saturated heterocycles. The van der Waals surface area contributed by atoms with Crippen LogP contribution in [0.25, 0.3) is 22.2 Å². The van der Waals surface area contributed by atoms with Crippen molar-refractivity contribution in [3.63, 3.8) is 0 Å². The van der Waals surface area contributed by atoms with E-state index in [1.807, 2.05) is 48.5 Å². The number of fused-ring (bicyclic) bond motifs is 2. The maximum absolute atomic E-state index is 5.86. The molecule has 0 unspecified atom stereocenters. The lowest BCUT2D eigenvalue weighted by Gasteiger charge is -2.20. The van der Waals surface area contributed by atoms with E-state index in [9.17, 15) is 0 Å². The Labute approximate surface area is 159 Å². The molecule has 0 aliphatic heterocycles. The SMILES string of the molecule is CCCCN(CCc1nc2ccccc2o1)CCc1nc2ccccc2o1. The van der Waals surface area contributed by atoms with Crippen molar-refractivity contribution in [2.75, 3.05) is 19.6 Å². The van der Waals surface area contributed by atoms with E-state index < -0.39 is 0 Å². The van der Waals surface area contributed by atoms with E-state index in [4.69, 9.17) is 8.83 Å². The Hall–Kier alpha value is -2.66. The Bertz CT molecular complexity index is 861. The van der Waals surface area contributed by atoms with Crippen molar-refractivity contribution in [1.29, 1.82) is 0 Å². The molecule has 0 atom stereocenters. The normalized spacial score (nSPS) is 11.8. The fourth-order valence-electron chi connectivity index (χ4n) is 3.28. The summed E-state index contributed by atoms with van der Waals surface area (Å²) in [5.41, 5.74) is 3.58. The molecule has 0 aliphatic rings. The maximum Gasteiger partial charge on any atom is 0.196 e. The second-order valence-electron chi connectivity index (χ2n) is 6.85. The topological polar surface area (TPSA) is 55.3 Å². The van der Waals surface area contributed by atoms with Crippen LogP contribution in [0.1, 0.15) is 31.5 Å². The van der Waals surface area contributed by atoms with Crippen LogP contribution in [0.4, 0.5) is 0 Å². The molecule has 0 aliphatic carbocycles. The highest BCUT2D eigenvalue weighted by Gasteiger charge is 2.12. The highest BCUT2D eigenvalue weighted by molar-refractivity contribution is 5.72. The number of para-hydroxylation sites is 4. The second kappa shape index (κ2) is 8.35. The summed E-state index contributed by atoms with van der Waals surface area (Å²) in [6, 6.07) is 15.8.